The molecule has 0 aromatic carbocycles. The number of nitrogens with one attached hydrogen (secondary N) is 1. The Labute approximate surface area is 169 Å². The maximum atomic E-state index is 12.6. The Morgan fingerprint density at radius 3 is 2.38 bits per heavy atom. The van der Waals surface area contributed by atoms with Gasteiger partial charge in [-0.1, -0.05) is 0 Å². The highest BCUT2D eigenvalue weighted by Crippen LogP contribution is 2.18. The van der Waals surface area contributed by atoms with Gasteiger partial charge in [-0.3, -0.25) is 9.69 Å². The average molecular weight is 406 g/mol. The minimum absolute atomic E-state index is 0.0230. The summed E-state index contributed by atoms with van der Waals surface area (Å²) in [5, 5.41) is 7.58. The van der Waals surface area contributed by atoms with Gasteiger partial charge >= 0.3 is 0 Å². The van der Waals surface area contributed by atoms with Crippen molar-refractivity contribution in [2.24, 2.45) is 0 Å². The predicted octanol–water partition coefficient (Wildman–Crippen LogP) is 2.28. The molecule has 158 valence electrons. The predicted molar refractivity (Wildman–Crippen MR) is 105 cm³/mol. The number of piperidine rings is 1. The van der Waals surface area contributed by atoms with Crippen LogP contribution in [0.15, 0.2) is 6.07 Å². The van der Waals surface area contributed by atoms with E-state index in [1.165, 1.54) is 0 Å². The second-order valence-corrected chi connectivity index (χ2v) is 7.72. The van der Waals surface area contributed by atoms with Crippen LogP contribution in [0.5, 0.6) is 0 Å². The van der Waals surface area contributed by atoms with E-state index in [-0.39, 0.29) is 24.9 Å². The summed E-state index contributed by atoms with van der Waals surface area (Å²) in [5.74, 6) is 0.422. The van der Waals surface area contributed by atoms with Gasteiger partial charge in [0.05, 0.1) is 18.7 Å². The molecule has 0 atom stereocenters. The topological polar surface area (TPSA) is 75.9 Å². The van der Waals surface area contributed by atoms with E-state index >= 15 is 0 Å². The van der Waals surface area contributed by atoms with Crippen LogP contribution in [0.25, 0.3) is 5.95 Å². The summed E-state index contributed by atoms with van der Waals surface area (Å²) in [6.45, 7) is 8.56. The van der Waals surface area contributed by atoms with Gasteiger partial charge in [-0.05, 0) is 46.6 Å². The summed E-state index contributed by atoms with van der Waals surface area (Å²) in [4.78, 5) is 23.2. The zero-order chi connectivity index (χ0) is 21.1. The maximum Gasteiger partial charge on any atom is 0.251 e. The van der Waals surface area contributed by atoms with Gasteiger partial charge in [0.15, 0.2) is 0 Å². The standard InChI is InChI=1S/C20H28F2N6O/c1-12-9-13(2)24-20(23-12)28-15(4)17(14(3)26-28)10-19(29)25-16-5-7-27(8-6-16)11-18(21)22/h9,16,18H,5-8,10-11H2,1-4H3,(H,25,29). The van der Waals surface area contributed by atoms with Crippen LogP contribution < -0.4 is 5.32 Å². The molecule has 7 nitrogen and oxygen atoms in total. The number of alkyl halides is 2. The number of nitrogens with zero attached hydrogens (tertiary/aromatic N) is 5. The number of hydrogen-bond acceptors (Lipinski definition) is 5. The fourth-order valence-electron chi connectivity index (χ4n) is 3.82. The molecule has 3 rings (SSSR count). The zero-order valence-corrected chi connectivity index (χ0v) is 17.4. The first kappa shape index (κ1) is 21.3. The molecule has 9 heteroatoms. The van der Waals surface area contributed by atoms with Gasteiger partial charge < -0.3 is 5.32 Å². The molecule has 3 heterocycles. The van der Waals surface area contributed by atoms with Gasteiger partial charge in [0.1, 0.15) is 0 Å². The van der Waals surface area contributed by atoms with E-state index in [0.717, 1.165) is 28.3 Å². The van der Waals surface area contributed by atoms with Crippen LogP contribution in [0, 0.1) is 27.7 Å². The summed E-state index contributed by atoms with van der Waals surface area (Å²) in [6, 6.07) is 1.92. The lowest BCUT2D eigenvalue weighted by Gasteiger charge is -2.32. The third kappa shape index (κ3) is 5.35. The number of halogens is 2. The van der Waals surface area contributed by atoms with Gasteiger partial charge in [0, 0.05) is 41.8 Å². The number of aryl methyl sites for hydroxylation is 3. The van der Waals surface area contributed by atoms with Crippen molar-refractivity contribution in [1.82, 2.24) is 30.0 Å². The highest BCUT2D eigenvalue weighted by molar-refractivity contribution is 5.79. The monoisotopic (exact) mass is 406 g/mol. The molecule has 1 fully saturated rings. The van der Waals surface area contributed by atoms with Gasteiger partial charge in [-0.25, -0.2) is 23.4 Å². The van der Waals surface area contributed by atoms with Crippen molar-refractivity contribution in [3.63, 3.8) is 0 Å². The van der Waals surface area contributed by atoms with Gasteiger partial charge in [0.25, 0.3) is 12.4 Å². The van der Waals surface area contributed by atoms with E-state index < -0.39 is 6.43 Å². The van der Waals surface area contributed by atoms with E-state index in [2.05, 4.69) is 20.4 Å². The van der Waals surface area contributed by atoms with Crippen LogP contribution in [0.1, 0.15) is 41.2 Å². The Morgan fingerprint density at radius 2 is 1.79 bits per heavy atom. The van der Waals surface area contributed by atoms with E-state index in [9.17, 15) is 13.6 Å². The molecule has 29 heavy (non-hydrogen) atoms. The number of hydrogen-bond donors (Lipinski definition) is 1. The Bertz CT molecular complexity index is 854. The first-order valence-corrected chi connectivity index (χ1v) is 9.90. The lowest BCUT2D eigenvalue weighted by molar-refractivity contribution is -0.121. The van der Waals surface area contributed by atoms with Crippen LogP contribution in [0.4, 0.5) is 8.78 Å². The second kappa shape index (κ2) is 8.94. The summed E-state index contributed by atoms with van der Waals surface area (Å²) in [7, 11) is 0. The van der Waals surface area contributed by atoms with Crippen LogP contribution in [-0.4, -0.2) is 62.7 Å². The normalized spacial score (nSPS) is 15.8. The van der Waals surface area contributed by atoms with E-state index in [1.807, 2.05) is 33.8 Å². The highest BCUT2D eigenvalue weighted by Gasteiger charge is 2.24. The second-order valence-electron chi connectivity index (χ2n) is 7.72. The Balaban J connectivity index is 1.63. The van der Waals surface area contributed by atoms with Crippen molar-refractivity contribution < 1.29 is 13.6 Å². The fourth-order valence-corrected chi connectivity index (χ4v) is 3.82. The number of carbonyl (C=O) groups is 1. The number of aromatic nitrogens is 4. The third-order valence-electron chi connectivity index (χ3n) is 5.29. The number of likely N-dealkylation sites (tertiary alicyclic amines) is 1. The molecule has 0 unspecified atom stereocenters. The van der Waals surface area contributed by atoms with Gasteiger partial charge in [-0.2, -0.15) is 5.10 Å². The van der Waals surface area contributed by atoms with Gasteiger partial charge in [0.2, 0.25) is 5.91 Å². The Morgan fingerprint density at radius 1 is 1.17 bits per heavy atom. The number of amides is 1. The average Bonchev–Trinajstić information content (AvgIpc) is 2.90. The number of carbonyl (C=O) groups excluding carboxylic acids is 1. The maximum absolute atomic E-state index is 12.6. The molecule has 1 N–H and O–H groups in total. The van der Waals surface area contributed by atoms with Crippen LogP contribution in [0.3, 0.4) is 0 Å². The third-order valence-corrected chi connectivity index (χ3v) is 5.29. The molecule has 0 saturated carbocycles. The van der Waals surface area contributed by atoms with Crippen LogP contribution >= 0.6 is 0 Å². The molecule has 1 amide bonds. The fraction of sp³-hybridized carbons (Fsp3) is 0.600. The Hall–Kier alpha value is -2.42. The van der Waals surface area contributed by atoms with E-state index in [0.29, 0.717) is 31.9 Å². The minimum Gasteiger partial charge on any atom is -0.353 e. The zero-order valence-electron chi connectivity index (χ0n) is 17.4. The first-order chi connectivity index (χ1) is 13.7. The molecule has 1 saturated heterocycles. The summed E-state index contributed by atoms with van der Waals surface area (Å²) in [5.41, 5.74) is 4.19. The first-order valence-electron chi connectivity index (χ1n) is 9.90. The highest BCUT2D eigenvalue weighted by atomic mass is 19.3. The molecule has 0 bridgehead atoms. The lowest BCUT2D eigenvalue weighted by atomic mass is 10.0. The van der Waals surface area contributed by atoms with E-state index in [4.69, 9.17) is 0 Å². The molecule has 2 aromatic rings. The molecular weight excluding hydrogens is 378 g/mol. The summed E-state index contributed by atoms with van der Waals surface area (Å²) >= 11 is 0. The van der Waals surface area contributed by atoms with Crippen molar-refractivity contribution in [3.8, 4) is 5.95 Å². The van der Waals surface area contributed by atoms with Crippen molar-refractivity contribution in [1.29, 1.82) is 0 Å². The van der Waals surface area contributed by atoms with Crippen molar-refractivity contribution in [2.45, 2.75) is 59.4 Å². The van der Waals surface area contributed by atoms with Gasteiger partial charge in [-0.15, -0.1) is 0 Å². The largest absolute Gasteiger partial charge is 0.353 e. The molecule has 1 aliphatic rings. The van der Waals surface area contributed by atoms with Crippen LogP contribution in [-0.2, 0) is 11.2 Å². The molecule has 2 aromatic heterocycles. The molecule has 0 spiro atoms. The number of rotatable bonds is 6. The van der Waals surface area contributed by atoms with Crippen molar-refractivity contribution in [2.75, 3.05) is 19.6 Å². The summed E-state index contributed by atoms with van der Waals surface area (Å²) in [6.07, 6.45) is -0.720. The molecular formula is C20H28F2N6O. The lowest BCUT2D eigenvalue weighted by Crippen LogP contribution is -2.46. The quantitative estimate of drug-likeness (QED) is 0.797. The minimum atomic E-state index is -2.32. The molecule has 1 aliphatic heterocycles. The van der Waals surface area contributed by atoms with Crippen molar-refractivity contribution in [3.05, 3.63) is 34.4 Å². The van der Waals surface area contributed by atoms with E-state index in [1.54, 1.807) is 9.58 Å². The molecule has 0 radical (unpaired) electrons. The SMILES string of the molecule is Cc1cc(C)nc(-n2nc(C)c(CC(=O)NC3CCN(CC(F)F)CC3)c2C)n1. The smallest absolute Gasteiger partial charge is 0.251 e. The van der Waals surface area contributed by atoms with Crippen molar-refractivity contribution >= 4 is 5.91 Å². The van der Waals surface area contributed by atoms with Crippen LogP contribution in [0.2, 0.25) is 0 Å². The Kier molecular flexibility index (Phi) is 6.56. The molecule has 0 aliphatic carbocycles. The summed E-state index contributed by atoms with van der Waals surface area (Å²) < 4.78 is 26.7.